The van der Waals surface area contributed by atoms with E-state index in [2.05, 4.69) is 193 Å². The molecule has 0 atom stereocenters. The quantitative estimate of drug-likeness (QED) is 0.186. The minimum Gasteiger partial charge on any atom is -0.309 e. The Balaban J connectivity index is 1.34. The molecule has 8 aromatic rings. The van der Waals surface area contributed by atoms with Crippen molar-refractivity contribution in [3.63, 3.8) is 0 Å². The lowest BCUT2D eigenvalue weighted by Crippen LogP contribution is -2.12. The van der Waals surface area contributed by atoms with Gasteiger partial charge in [0.15, 0.2) is 0 Å². The molecule has 0 saturated heterocycles. The summed E-state index contributed by atoms with van der Waals surface area (Å²) in [4.78, 5) is 5.00. The third kappa shape index (κ3) is 4.90. The van der Waals surface area contributed by atoms with Crippen LogP contribution in [-0.4, -0.2) is 0 Å². The fourth-order valence-electron chi connectivity index (χ4n) is 7.08. The lowest BCUT2D eigenvalue weighted by molar-refractivity contribution is 1.29. The lowest BCUT2D eigenvalue weighted by Gasteiger charge is -2.30. The van der Waals surface area contributed by atoms with Crippen LogP contribution in [0.3, 0.4) is 0 Å². The summed E-state index contributed by atoms with van der Waals surface area (Å²) in [7, 11) is 0. The van der Waals surface area contributed by atoms with Gasteiger partial charge in [0.25, 0.3) is 0 Å². The van der Waals surface area contributed by atoms with Crippen LogP contribution in [0.2, 0.25) is 0 Å². The Labute approximate surface area is 285 Å². The molecule has 0 fully saturated rings. The predicted octanol–water partition coefficient (Wildman–Crippen LogP) is 13.4. The van der Waals surface area contributed by atoms with Crippen molar-refractivity contribution in [2.75, 3.05) is 4.90 Å². The summed E-state index contributed by atoms with van der Waals surface area (Å²) in [5.74, 6) is 0. The van der Waals surface area contributed by atoms with Gasteiger partial charge in [0.05, 0.1) is 11.4 Å². The zero-order valence-corrected chi connectivity index (χ0v) is 27.1. The van der Waals surface area contributed by atoms with Crippen molar-refractivity contribution in [1.29, 1.82) is 0 Å². The maximum atomic E-state index is 2.45. The van der Waals surface area contributed by atoms with Gasteiger partial charge in [-0.25, -0.2) is 0 Å². The minimum absolute atomic E-state index is 1.11. The Kier molecular flexibility index (Phi) is 7.14. The van der Waals surface area contributed by atoms with E-state index in [9.17, 15) is 0 Å². The molecule has 0 spiro atoms. The van der Waals surface area contributed by atoms with Gasteiger partial charge in [0.2, 0.25) is 0 Å². The highest BCUT2D eigenvalue weighted by Crippen LogP contribution is 2.51. The normalized spacial score (nSPS) is 11.7. The van der Waals surface area contributed by atoms with E-state index in [1.807, 2.05) is 11.8 Å². The number of benzene rings is 8. The molecule has 0 bridgehead atoms. The highest BCUT2D eigenvalue weighted by Gasteiger charge is 2.24. The van der Waals surface area contributed by atoms with Crippen LogP contribution < -0.4 is 4.90 Å². The Hall–Kier alpha value is -5.83. The van der Waals surface area contributed by atoms with E-state index < -0.39 is 0 Å². The molecule has 0 aromatic heterocycles. The third-order valence-electron chi connectivity index (χ3n) is 9.30. The molecule has 1 heterocycles. The molecule has 2 heteroatoms. The Morgan fingerprint density at radius 1 is 0.312 bits per heavy atom. The molecule has 0 aliphatic carbocycles. The SMILES string of the molecule is c1ccc(-c2ccc(N(c3ccccc3-c3ccccc3)c3ccc4c5c(cccc35)-c3ccccc3Sc3ccccc3-4)cc2)cc1. The number of hydrogen-bond acceptors (Lipinski definition) is 2. The number of rotatable bonds is 5. The van der Waals surface area contributed by atoms with Crippen molar-refractivity contribution in [3.05, 3.63) is 188 Å². The summed E-state index contributed by atoms with van der Waals surface area (Å²) in [6.07, 6.45) is 0. The van der Waals surface area contributed by atoms with E-state index in [1.54, 1.807) is 0 Å². The molecule has 48 heavy (non-hydrogen) atoms. The Morgan fingerprint density at radius 2 is 0.833 bits per heavy atom. The van der Waals surface area contributed by atoms with Gasteiger partial charge in [-0.05, 0) is 80.7 Å². The molecule has 1 aliphatic heterocycles. The number of fused-ring (bicyclic) bond motifs is 4. The van der Waals surface area contributed by atoms with Gasteiger partial charge < -0.3 is 4.90 Å². The van der Waals surface area contributed by atoms with E-state index in [-0.39, 0.29) is 0 Å². The van der Waals surface area contributed by atoms with Crippen molar-refractivity contribution in [2.24, 2.45) is 0 Å². The predicted molar refractivity (Wildman–Crippen MR) is 204 cm³/mol. The fraction of sp³-hybridized carbons (Fsp3) is 0. The maximum Gasteiger partial charge on any atom is 0.0540 e. The first-order chi connectivity index (χ1) is 23.8. The van der Waals surface area contributed by atoms with E-state index in [0.717, 1.165) is 17.1 Å². The van der Waals surface area contributed by atoms with E-state index in [4.69, 9.17) is 0 Å². The molecule has 0 radical (unpaired) electrons. The van der Waals surface area contributed by atoms with Crippen LogP contribution in [0.25, 0.3) is 55.3 Å². The van der Waals surface area contributed by atoms with Gasteiger partial charge in [-0.2, -0.15) is 0 Å². The molecular weight excluding hydrogens is 599 g/mol. The number of anilines is 3. The van der Waals surface area contributed by atoms with Gasteiger partial charge >= 0.3 is 0 Å². The van der Waals surface area contributed by atoms with E-state index in [0.29, 0.717) is 0 Å². The second-order valence-electron chi connectivity index (χ2n) is 12.1. The van der Waals surface area contributed by atoms with Gasteiger partial charge in [0, 0.05) is 26.4 Å². The van der Waals surface area contributed by atoms with Crippen LogP contribution in [-0.2, 0) is 0 Å². The first-order valence-electron chi connectivity index (χ1n) is 16.4. The Morgan fingerprint density at radius 3 is 1.52 bits per heavy atom. The standard InChI is InChI=1S/C46H31NS/c1-3-14-32(15-4-1)33-26-28-35(29-27-33)47(42-23-10-7-18-36(42)34-16-5-2-6-17-34)43-31-30-40-38-20-9-12-25-45(38)48-44-24-11-8-19-37(44)39-21-13-22-41(43)46(39)40/h1-31H. The average molecular weight is 630 g/mol. The van der Waals surface area contributed by atoms with Gasteiger partial charge in [0.1, 0.15) is 0 Å². The molecule has 8 aromatic carbocycles. The lowest BCUT2D eigenvalue weighted by atomic mass is 9.89. The molecule has 0 unspecified atom stereocenters. The molecule has 1 nitrogen and oxygen atoms in total. The highest BCUT2D eigenvalue weighted by atomic mass is 32.2. The maximum absolute atomic E-state index is 2.45. The summed E-state index contributed by atoms with van der Waals surface area (Å²) < 4.78 is 0. The largest absolute Gasteiger partial charge is 0.309 e. The van der Waals surface area contributed by atoms with Gasteiger partial charge in [-0.15, -0.1) is 0 Å². The number of hydrogen-bond donors (Lipinski definition) is 0. The monoisotopic (exact) mass is 629 g/mol. The molecule has 9 rings (SSSR count). The second-order valence-corrected chi connectivity index (χ2v) is 13.2. The fourth-order valence-corrected chi connectivity index (χ4v) is 8.19. The zero-order valence-electron chi connectivity index (χ0n) is 26.3. The number of para-hydroxylation sites is 1. The van der Waals surface area contributed by atoms with E-state index in [1.165, 1.54) is 65.1 Å². The molecule has 0 N–H and O–H groups in total. The summed E-state index contributed by atoms with van der Waals surface area (Å²) in [6.45, 7) is 0. The number of nitrogens with zero attached hydrogens (tertiary/aromatic N) is 1. The zero-order chi connectivity index (χ0) is 31.9. The summed E-state index contributed by atoms with van der Waals surface area (Å²) in [5.41, 5.74) is 13.2. The van der Waals surface area contributed by atoms with Gasteiger partial charge in [-0.3, -0.25) is 0 Å². The van der Waals surface area contributed by atoms with Crippen LogP contribution in [0.1, 0.15) is 0 Å². The first kappa shape index (κ1) is 28.4. The molecule has 1 aliphatic rings. The van der Waals surface area contributed by atoms with Crippen LogP contribution in [0.5, 0.6) is 0 Å². The van der Waals surface area contributed by atoms with Crippen LogP contribution >= 0.6 is 11.8 Å². The molecular formula is C46H31NS. The second kappa shape index (κ2) is 12.1. The van der Waals surface area contributed by atoms with Crippen molar-refractivity contribution in [1.82, 2.24) is 0 Å². The Bertz CT molecular complexity index is 2360. The van der Waals surface area contributed by atoms with Crippen molar-refractivity contribution in [3.8, 4) is 44.5 Å². The highest BCUT2D eigenvalue weighted by molar-refractivity contribution is 7.99. The van der Waals surface area contributed by atoms with E-state index >= 15 is 0 Å². The molecule has 0 saturated carbocycles. The summed E-state index contributed by atoms with van der Waals surface area (Å²) in [6, 6.07) is 68.2. The third-order valence-corrected chi connectivity index (χ3v) is 10.4. The summed E-state index contributed by atoms with van der Waals surface area (Å²) in [5, 5.41) is 2.50. The van der Waals surface area contributed by atoms with Crippen molar-refractivity contribution >= 4 is 39.6 Å². The van der Waals surface area contributed by atoms with Crippen LogP contribution in [0.15, 0.2) is 198 Å². The minimum atomic E-state index is 1.11. The average Bonchev–Trinajstić information content (AvgIpc) is 3.16. The van der Waals surface area contributed by atoms with Crippen LogP contribution in [0.4, 0.5) is 17.1 Å². The van der Waals surface area contributed by atoms with Crippen molar-refractivity contribution < 1.29 is 0 Å². The first-order valence-corrected chi connectivity index (χ1v) is 17.2. The smallest absolute Gasteiger partial charge is 0.0540 e. The van der Waals surface area contributed by atoms with Crippen molar-refractivity contribution in [2.45, 2.75) is 9.79 Å². The van der Waals surface area contributed by atoms with Crippen LogP contribution in [0, 0.1) is 0 Å². The van der Waals surface area contributed by atoms with Gasteiger partial charge in [-0.1, -0.05) is 163 Å². The summed E-state index contributed by atoms with van der Waals surface area (Å²) >= 11 is 1.86. The molecule has 0 amide bonds. The topological polar surface area (TPSA) is 3.24 Å². The molecule has 226 valence electrons.